The number of ketones is 1. The number of Topliss-reactive ketones (excluding diaryl/α,β-unsaturated/α-hetero) is 1. The van der Waals surface area contributed by atoms with Gasteiger partial charge in [-0.25, -0.2) is 0 Å². The Labute approximate surface area is 178 Å². The molecule has 1 N–H and O–H groups in total. The molecule has 5 nitrogen and oxygen atoms in total. The van der Waals surface area contributed by atoms with Gasteiger partial charge < -0.3 is 14.6 Å². The normalized spacial score (nSPS) is 45.3. The standard InChI is InChI=1S/C25H32O5/c1-14(2)16-7-9-23(3)10-11-24(4)17(20(16)23)6-5-15(13-26)19-21(24)30-22-25(19,28)18(27)8-12-29-22/h5-6,13-14,19,21-22,28H,7-12H2,1-4H3/t19-,21+,22?,23-,24-,25+/m1/s1. The van der Waals surface area contributed by atoms with Gasteiger partial charge >= 0.3 is 0 Å². The highest BCUT2D eigenvalue weighted by atomic mass is 16.7. The Morgan fingerprint density at radius 3 is 2.63 bits per heavy atom. The molecular weight excluding hydrogens is 380 g/mol. The zero-order valence-electron chi connectivity index (χ0n) is 18.4. The lowest BCUT2D eigenvalue weighted by Gasteiger charge is -2.49. The van der Waals surface area contributed by atoms with Crippen LogP contribution in [0.3, 0.4) is 0 Å². The summed E-state index contributed by atoms with van der Waals surface area (Å²) in [6.07, 6.45) is 7.52. The van der Waals surface area contributed by atoms with Crippen LogP contribution in [0.25, 0.3) is 0 Å². The van der Waals surface area contributed by atoms with Crippen molar-refractivity contribution in [2.75, 3.05) is 6.61 Å². The molecule has 6 atom stereocenters. The average molecular weight is 413 g/mol. The summed E-state index contributed by atoms with van der Waals surface area (Å²) in [7, 11) is 0. The Balaban J connectivity index is 1.70. The fourth-order valence-electron chi connectivity index (χ4n) is 6.86. The van der Waals surface area contributed by atoms with E-state index in [0.29, 0.717) is 11.5 Å². The van der Waals surface area contributed by atoms with Crippen LogP contribution in [-0.2, 0) is 19.1 Å². The Kier molecular flexibility index (Phi) is 4.39. The number of carbonyl (C=O) groups excluding carboxylic acids is 2. The molecule has 162 valence electrons. The zero-order valence-corrected chi connectivity index (χ0v) is 18.4. The lowest BCUT2D eigenvalue weighted by atomic mass is 9.56. The third-order valence-corrected chi connectivity index (χ3v) is 8.67. The molecule has 0 aromatic heterocycles. The number of hydrogen-bond acceptors (Lipinski definition) is 5. The molecule has 1 unspecified atom stereocenters. The second-order valence-corrected chi connectivity index (χ2v) is 10.6. The van der Waals surface area contributed by atoms with E-state index < -0.39 is 29.3 Å². The molecule has 5 aliphatic rings. The van der Waals surface area contributed by atoms with Crippen LogP contribution >= 0.6 is 0 Å². The third kappa shape index (κ3) is 2.40. The lowest BCUT2D eigenvalue weighted by Crippen LogP contribution is -2.57. The Hall–Kier alpha value is -1.56. The summed E-state index contributed by atoms with van der Waals surface area (Å²) in [4.78, 5) is 25.0. The maximum Gasteiger partial charge on any atom is 0.194 e. The first kappa shape index (κ1) is 20.3. The highest BCUT2D eigenvalue weighted by Gasteiger charge is 2.68. The van der Waals surface area contributed by atoms with E-state index in [2.05, 4.69) is 33.8 Å². The second kappa shape index (κ2) is 6.47. The van der Waals surface area contributed by atoms with E-state index in [1.165, 1.54) is 16.7 Å². The SMILES string of the molecule is CC(C)C1=C2C3=CC=C(C=O)[C@@H]4[C@H](OC5OCCC(=O)[C@@]54O)[C@]3(C)CC[C@@]2(C)CC1. The average Bonchev–Trinajstić information content (AvgIpc) is 3.17. The largest absolute Gasteiger partial charge is 0.376 e. The maximum absolute atomic E-state index is 12.9. The van der Waals surface area contributed by atoms with Gasteiger partial charge in [-0.2, -0.15) is 0 Å². The molecule has 0 bridgehead atoms. The summed E-state index contributed by atoms with van der Waals surface area (Å²) in [5.74, 6) is -0.533. The minimum atomic E-state index is -1.80. The molecule has 0 aromatic carbocycles. The van der Waals surface area contributed by atoms with E-state index in [0.717, 1.165) is 32.0 Å². The molecule has 2 aliphatic heterocycles. The smallest absolute Gasteiger partial charge is 0.194 e. The van der Waals surface area contributed by atoms with E-state index in [-0.39, 0.29) is 24.2 Å². The van der Waals surface area contributed by atoms with Gasteiger partial charge in [-0.1, -0.05) is 45.4 Å². The van der Waals surface area contributed by atoms with Crippen LogP contribution in [0.5, 0.6) is 0 Å². The van der Waals surface area contributed by atoms with E-state index in [9.17, 15) is 14.7 Å². The molecule has 2 heterocycles. The predicted molar refractivity (Wildman–Crippen MR) is 111 cm³/mol. The highest BCUT2D eigenvalue weighted by Crippen LogP contribution is 2.65. The summed E-state index contributed by atoms with van der Waals surface area (Å²) < 4.78 is 12.1. The van der Waals surface area contributed by atoms with E-state index in [1.807, 2.05) is 6.08 Å². The van der Waals surface area contributed by atoms with Gasteiger partial charge in [0, 0.05) is 17.4 Å². The molecule has 0 radical (unpaired) electrons. The monoisotopic (exact) mass is 412 g/mol. The van der Waals surface area contributed by atoms with Crippen molar-refractivity contribution in [3.8, 4) is 0 Å². The fraction of sp³-hybridized carbons (Fsp3) is 0.680. The summed E-state index contributed by atoms with van der Waals surface area (Å²) in [5.41, 5.74) is 2.50. The zero-order chi connectivity index (χ0) is 21.5. The van der Waals surface area contributed by atoms with Crippen molar-refractivity contribution < 1.29 is 24.2 Å². The molecule has 0 aromatic rings. The van der Waals surface area contributed by atoms with Gasteiger partial charge in [0.1, 0.15) is 6.29 Å². The highest BCUT2D eigenvalue weighted by molar-refractivity contribution is 5.92. The summed E-state index contributed by atoms with van der Waals surface area (Å²) in [5, 5.41) is 11.5. The van der Waals surface area contributed by atoms with E-state index in [1.54, 1.807) is 0 Å². The van der Waals surface area contributed by atoms with Crippen molar-refractivity contribution in [1.82, 2.24) is 0 Å². The number of aliphatic hydroxyl groups is 1. The van der Waals surface area contributed by atoms with Crippen LogP contribution < -0.4 is 0 Å². The van der Waals surface area contributed by atoms with Crippen molar-refractivity contribution in [3.05, 3.63) is 34.4 Å². The molecule has 3 aliphatic carbocycles. The summed E-state index contributed by atoms with van der Waals surface area (Å²) in [6, 6.07) is 0. The first-order valence-electron chi connectivity index (χ1n) is 11.3. The number of allylic oxidation sites excluding steroid dienone is 4. The van der Waals surface area contributed by atoms with Crippen LogP contribution in [0, 0.1) is 22.7 Å². The first-order chi connectivity index (χ1) is 14.2. The molecule has 3 fully saturated rings. The van der Waals surface area contributed by atoms with Crippen molar-refractivity contribution in [2.45, 2.75) is 77.8 Å². The maximum atomic E-state index is 12.9. The van der Waals surface area contributed by atoms with Crippen LogP contribution in [0.4, 0.5) is 0 Å². The van der Waals surface area contributed by atoms with Crippen molar-refractivity contribution >= 4 is 12.1 Å². The third-order valence-electron chi connectivity index (χ3n) is 8.67. The van der Waals surface area contributed by atoms with Crippen molar-refractivity contribution in [3.63, 3.8) is 0 Å². The van der Waals surface area contributed by atoms with Gasteiger partial charge in [-0.3, -0.25) is 9.59 Å². The number of aldehydes is 1. The van der Waals surface area contributed by atoms with E-state index >= 15 is 0 Å². The van der Waals surface area contributed by atoms with Gasteiger partial charge in [-0.15, -0.1) is 0 Å². The number of rotatable bonds is 2. The molecule has 0 spiro atoms. The molecule has 30 heavy (non-hydrogen) atoms. The number of hydrogen-bond donors (Lipinski definition) is 1. The van der Waals surface area contributed by atoms with E-state index in [4.69, 9.17) is 9.47 Å². The molecule has 2 saturated heterocycles. The molecule has 0 amide bonds. The predicted octanol–water partition coefficient (Wildman–Crippen LogP) is 3.67. The number of fused-ring (bicyclic) bond motifs is 7. The first-order valence-corrected chi connectivity index (χ1v) is 11.3. The van der Waals surface area contributed by atoms with Crippen molar-refractivity contribution in [2.24, 2.45) is 22.7 Å². The van der Waals surface area contributed by atoms with Gasteiger partial charge in [0.2, 0.25) is 0 Å². The topological polar surface area (TPSA) is 72.8 Å². The lowest BCUT2D eigenvalue weighted by molar-refractivity contribution is -0.223. The quantitative estimate of drug-likeness (QED) is 0.701. The Morgan fingerprint density at radius 2 is 1.93 bits per heavy atom. The second-order valence-electron chi connectivity index (χ2n) is 10.6. The van der Waals surface area contributed by atoms with Gasteiger partial charge in [0.15, 0.2) is 17.7 Å². The minimum absolute atomic E-state index is 0.133. The Bertz CT molecular complexity index is 910. The van der Waals surface area contributed by atoms with Crippen LogP contribution in [0.2, 0.25) is 0 Å². The van der Waals surface area contributed by atoms with Crippen LogP contribution in [0.15, 0.2) is 34.4 Å². The van der Waals surface area contributed by atoms with Gasteiger partial charge in [-0.05, 0) is 48.2 Å². The number of ether oxygens (including phenoxy) is 2. The molecular formula is C25H32O5. The van der Waals surface area contributed by atoms with Crippen LogP contribution in [0.1, 0.15) is 59.8 Å². The summed E-state index contributed by atoms with van der Waals surface area (Å²) in [6.45, 7) is 9.29. The summed E-state index contributed by atoms with van der Waals surface area (Å²) >= 11 is 0. The molecule has 5 heteroatoms. The number of carbonyl (C=O) groups is 2. The van der Waals surface area contributed by atoms with Gasteiger partial charge in [0.25, 0.3) is 0 Å². The Morgan fingerprint density at radius 1 is 1.17 bits per heavy atom. The minimum Gasteiger partial charge on any atom is -0.376 e. The molecule has 1 saturated carbocycles. The fourth-order valence-corrected chi connectivity index (χ4v) is 6.86. The van der Waals surface area contributed by atoms with Crippen molar-refractivity contribution in [1.29, 1.82) is 0 Å². The van der Waals surface area contributed by atoms with Gasteiger partial charge in [0.05, 0.1) is 18.6 Å². The molecule has 5 rings (SSSR count). The van der Waals surface area contributed by atoms with Crippen LogP contribution in [-0.4, -0.2) is 41.8 Å².